The Morgan fingerprint density at radius 2 is 1.41 bits per heavy atom. The van der Waals surface area contributed by atoms with Crippen molar-refractivity contribution in [1.29, 1.82) is 0 Å². The van der Waals surface area contributed by atoms with Crippen molar-refractivity contribution in [1.82, 2.24) is 0 Å². The molecule has 0 saturated carbocycles. The van der Waals surface area contributed by atoms with Gasteiger partial charge < -0.3 is 5.32 Å². The molecular weight excluding hydrogens is 196 g/mol. The molecule has 0 bridgehead atoms. The first-order chi connectivity index (χ1) is 7.36. The van der Waals surface area contributed by atoms with Crippen LogP contribution in [0, 0.1) is 6.92 Å². The molecule has 3 heteroatoms. The number of hydrogen-bond donors (Lipinski definition) is 0. The maximum absolute atomic E-state index is 4.50. The van der Waals surface area contributed by atoms with Crippen LogP contribution in [0.2, 0.25) is 0 Å². The molecule has 17 heavy (non-hydrogen) atoms. The van der Waals surface area contributed by atoms with E-state index < -0.39 is 0 Å². The zero-order valence-corrected chi connectivity index (χ0v) is 10.6. The molecule has 1 nitrogen and oxygen atoms in total. The summed E-state index contributed by atoms with van der Waals surface area (Å²) in [6.07, 6.45) is 0. The van der Waals surface area contributed by atoms with E-state index in [-0.39, 0.29) is 37.7 Å². The van der Waals surface area contributed by atoms with Gasteiger partial charge in [-0.3, -0.25) is 0 Å². The van der Waals surface area contributed by atoms with Crippen molar-refractivity contribution in [2.75, 3.05) is 0 Å². The van der Waals surface area contributed by atoms with E-state index in [1.54, 1.807) is 0 Å². The minimum atomic E-state index is 0. The van der Waals surface area contributed by atoms with E-state index in [4.69, 9.17) is 0 Å². The summed E-state index contributed by atoms with van der Waals surface area (Å²) in [6, 6.07) is 18.1. The fourth-order valence-electron chi connectivity index (χ4n) is 1.42. The third kappa shape index (κ3) is 4.99. The van der Waals surface area contributed by atoms with E-state index in [0.717, 1.165) is 11.3 Å². The average Bonchev–Trinajstić information content (AvgIpc) is 2.29. The quantitative estimate of drug-likeness (QED) is 0.413. The number of rotatable bonds is 3. The summed E-state index contributed by atoms with van der Waals surface area (Å²) in [6.45, 7) is 4.67. The Balaban J connectivity index is 0.00000128. The first kappa shape index (κ1) is 16.3. The molecule has 0 heterocycles. The molecule has 0 atom stereocenters. The normalized spacial score (nSPS) is 8.71. The molecule has 0 aliphatic heterocycles. The summed E-state index contributed by atoms with van der Waals surface area (Å²) >= 11 is 0. The Kier molecular flexibility index (Phi) is 8.06. The van der Waals surface area contributed by atoms with Crippen molar-refractivity contribution in [2.24, 2.45) is 0 Å². The van der Waals surface area contributed by atoms with Gasteiger partial charge in [0.15, 0.2) is 0 Å². The molecule has 0 N–H and O–H groups in total. The van der Waals surface area contributed by atoms with Gasteiger partial charge in [0.05, 0.1) is 0 Å². The molecule has 0 fully saturated rings. The molecule has 0 radical (unpaired) electrons. The molecule has 2 aromatic carbocycles. The van der Waals surface area contributed by atoms with Crippen LogP contribution in [-0.2, 0) is 6.54 Å². The van der Waals surface area contributed by atoms with Gasteiger partial charge in [-0.05, 0) is 0 Å². The van der Waals surface area contributed by atoms with Gasteiger partial charge in [0.1, 0.15) is 0 Å². The summed E-state index contributed by atoms with van der Waals surface area (Å²) < 4.78 is 0. The van der Waals surface area contributed by atoms with Crippen molar-refractivity contribution in [2.45, 2.75) is 6.54 Å². The topological polar surface area (TPSA) is 14.1 Å². The van der Waals surface area contributed by atoms with Crippen LogP contribution in [0.15, 0.2) is 54.6 Å². The first-order valence-corrected chi connectivity index (χ1v) is 4.98. The zero-order chi connectivity index (χ0) is 10.5. The Morgan fingerprint density at radius 3 is 2.06 bits per heavy atom. The third-order valence-corrected chi connectivity index (χ3v) is 2.31. The molecule has 2 rings (SSSR count). The van der Waals surface area contributed by atoms with Crippen LogP contribution in [0.1, 0.15) is 11.1 Å². The monoisotopic (exact) mass is 209 g/mol. The standard InChI is InChI=1S/C14H13N.2Li/c1-12-7-5-6-8-13(12)11-15-14-9-3-2-4-10-14;;/h2-10H,1,11H2;;/q-2;2*+1. The smallest absolute Gasteiger partial charge is 0.690 e. The fraction of sp³-hybridized carbons (Fsp3) is 0.0714. The van der Waals surface area contributed by atoms with Crippen LogP contribution in [0.3, 0.4) is 0 Å². The Labute approximate surface area is 127 Å². The molecular formula is C14H13Li2N. The van der Waals surface area contributed by atoms with Gasteiger partial charge in [-0.25, -0.2) is 0 Å². The van der Waals surface area contributed by atoms with E-state index >= 15 is 0 Å². The fourth-order valence-corrected chi connectivity index (χ4v) is 1.42. The molecule has 0 unspecified atom stereocenters. The predicted molar refractivity (Wildman–Crippen MR) is 64.1 cm³/mol. The van der Waals surface area contributed by atoms with Crippen molar-refractivity contribution in [3.63, 3.8) is 0 Å². The summed E-state index contributed by atoms with van der Waals surface area (Å²) in [4.78, 5) is 0. The Bertz CT molecular complexity index is 429. The van der Waals surface area contributed by atoms with Gasteiger partial charge in [-0.15, -0.1) is 17.8 Å². The Morgan fingerprint density at radius 1 is 0.824 bits per heavy atom. The largest absolute Gasteiger partial charge is 1.00 e. The number of para-hydroxylation sites is 1. The van der Waals surface area contributed by atoms with Crippen LogP contribution in [-0.4, -0.2) is 0 Å². The van der Waals surface area contributed by atoms with Gasteiger partial charge in [-0.1, -0.05) is 36.4 Å². The molecule has 0 amide bonds. The maximum Gasteiger partial charge on any atom is 1.00 e. The van der Waals surface area contributed by atoms with E-state index in [0.29, 0.717) is 6.54 Å². The second-order valence-electron chi connectivity index (χ2n) is 3.42. The van der Waals surface area contributed by atoms with Crippen LogP contribution < -0.4 is 37.7 Å². The van der Waals surface area contributed by atoms with Crippen LogP contribution in [0.5, 0.6) is 0 Å². The van der Waals surface area contributed by atoms with Crippen molar-refractivity contribution >= 4 is 5.69 Å². The van der Waals surface area contributed by atoms with Crippen molar-refractivity contribution in [3.8, 4) is 0 Å². The van der Waals surface area contributed by atoms with E-state index in [2.05, 4.69) is 18.3 Å². The number of benzene rings is 2. The third-order valence-electron chi connectivity index (χ3n) is 2.31. The average molecular weight is 209 g/mol. The molecule has 0 aromatic heterocycles. The van der Waals surface area contributed by atoms with Crippen LogP contribution in [0.25, 0.3) is 5.32 Å². The first-order valence-electron chi connectivity index (χ1n) is 4.98. The van der Waals surface area contributed by atoms with E-state index in [9.17, 15) is 0 Å². The minimum Gasteiger partial charge on any atom is -0.690 e. The van der Waals surface area contributed by atoms with Crippen molar-refractivity contribution in [3.05, 3.63) is 78.0 Å². The van der Waals surface area contributed by atoms with Crippen LogP contribution in [0.4, 0.5) is 5.69 Å². The summed E-state index contributed by atoms with van der Waals surface area (Å²) in [5.74, 6) is 0. The predicted octanol–water partition coefficient (Wildman–Crippen LogP) is -1.92. The van der Waals surface area contributed by atoms with Gasteiger partial charge in [0.2, 0.25) is 0 Å². The molecule has 2 aromatic rings. The van der Waals surface area contributed by atoms with Gasteiger partial charge in [0.25, 0.3) is 0 Å². The van der Waals surface area contributed by atoms with Gasteiger partial charge in [0, 0.05) is 0 Å². The second-order valence-corrected chi connectivity index (χ2v) is 3.42. The number of nitrogens with zero attached hydrogens (tertiary/aromatic N) is 1. The molecule has 0 spiro atoms. The van der Waals surface area contributed by atoms with Gasteiger partial charge >= 0.3 is 37.7 Å². The molecule has 0 aliphatic carbocycles. The second kappa shape index (κ2) is 8.40. The Hall–Kier alpha value is -0.695. The molecule has 76 valence electrons. The number of hydrogen-bond acceptors (Lipinski definition) is 0. The van der Waals surface area contributed by atoms with Crippen LogP contribution >= 0.6 is 0 Å². The summed E-state index contributed by atoms with van der Waals surface area (Å²) in [5.41, 5.74) is 3.25. The molecule has 0 aliphatic rings. The van der Waals surface area contributed by atoms with Crippen molar-refractivity contribution < 1.29 is 37.7 Å². The maximum atomic E-state index is 4.50. The SMILES string of the molecule is [CH2-]c1ccccc1C[N-]c1ccccc1.[Li+].[Li+]. The molecule has 0 saturated heterocycles. The summed E-state index contributed by atoms with van der Waals surface area (Å²) in [5, 5.41) is 4.50. The van der Waals surface area contributed by atoms with E-state index in [1.165, 1.54) is 5.56 Å². The minimum absolute atomic E-state index is 0. The van der Waals surface area contributed by atoms with E-state index in [1.807, 2.05) is 48.5 Å². The zero-order valence-electron chi connectivity index (χ0n) is 10.6. The summed E-state index contributed by atoms with van der Waals surface area (Å²) in [7, 11) is 0. The van der Waals surface area contributed by atoms with Gasteiger partial charge in [-0.2, -0.15) is 30.7 Å².